The molecule has 0 aliphatic carbocycles. The predicted molar refractivity (Wildman–Crippen MR) is 228 cm³/mol. The van der Waals surface area contributed by atoms with E-state index in [4.69, 9.17) is 14.2 Å². The molecule has 0 saturated carbocycles. The van der Waals surface area contributed by atoms with Crippen LogP contribution in [0.2, 0.25) is 18.6 Å². The molecule has 3 aliphatic rings. The number of carbonyl (C=O) groups excluding carboxylic acids is 2. The van der Waals surface area contributed by atoms with Gasteiger partial charge in [-0.1, -0.05) is 115 Å². The molecule has 11 nitrogen and oxygen atoms in total. The summed E-state index contributed by atoms with van der Waals surface area (Å²) in [4.78, 5) is 31.9. The van der Waals surface area contributed by atoms with E-state index in [1.54, 1.807) is 22.9 Å². The Balaban J connectivity index is 1.03. The van der Waals surface area contributed by atoms with Gasteiger partial charge in [0.2, 0.25) is 0 Å². The van der Waals surface area contributed by atoms with Crippen LogP contribution in [0.4, 0.5) is 17.1 Å². The van der Waals surface area contributed by atoms with E-state index >= 15 is 4.79 Å². The number of aryl methyl sites for hydroxylation is 1. The van der Waals surface area contributed by atoms with Crippen LogP contribution in [-0.2, 0) is 33.0 Å². The smallest absolute Gasteiger partial charge is 0.269 e. The van der Waals surface area contributed by atoms with Crippen LogP contribution in [-0.4, -0.2) is 59.8 Å². The van der Waals surface area contributed by atoms with Gasteiger partial charge in [0, 0.05) is 23.7 Å². The van der Waals surface area contributed by atoms with Crippen molar-refractivity contribution < 1.29 is 28.9 Å². The van der Waals surface area contributed by atoms with Crippen molar-refractivity contribution in [3.8, 4) is 11.5 Å². The lowest BCUT2D eigenvalue weighted by Crippen LogP contribution is -2.51. The molecule has 6 aromatic rings. The Morgan fingerprint density at radius 3 is 2.32 bits per heavy atom. The Hall–Kier alpha value is -6.08. The van der Waals surface area contributed by atoms with Crippen molar-refractivity contribution in [3.05, 3.63) is 156 Å². The monoisotopic (exact) mass is 805 g/mol. The number of hydrogen-bond acceptors (Lipinski definition) is 8. The SMILES string of the molecule is COc1ccc([Si](C)(C)[C@H]2[C@H](CCn3cc([C@H](O)c4ccccc4)nn3)O[C@@]3(C(=O)N(Cc4ccc(N5C(=O)COc6ccccc65)cc4)c4ccccc43)[C@@H]2C)cc1. The Kier molecular flexibility index (Phi) is 9.94. The van der Waals surface area contributed by atoms with Crippen LogP contribution in [0.1, 0.15) is 41.8 Å². The fourth-order valence-corrected chi connectivity index (χ4v) is 13.7. The van der Waals surface area contributed by atoms with Crippen molar-refractivity contribution in [2.45, 2.75) is 62.9 Å². The second-order valence-electron chi connectivity index (χ2n) is 16.2. The molecule has 59 heavy (non-hydrogen) atoms. The molecule has 4 heterocycles. The second-order valence-corrected chi connectivity index (χ2v) is 20.9. The van der Waals surface area contributed by atoms with E-state index in [1.807, 2.05) is 120 Å². The lowest BCUT2D eigenvalue weighted by Gasteiger charge is -2.37. The molecule has 5 atom stereocenters. The molecule has 0 bridgehead atoms. The van der Waals surface area contributed by atoms with Gasteiger partial charge in [-0.05, 0) is 65.6 Å². The van der Waals surface area contributed by atoms with Crippen LogP contribution >= 0.6 is 0 Å². The number of benzene rings is 5. The zero-order valence-corrected chi connectivity index (χ0v) is 34.6. The number of anilines is 3. The van der Waals surface area contributed by atoms with Gasteiger partial charge < -0.3 is 24.2 Å². The summed E-state index contributed by atoms with van der Waals surface area (Å²) < 4.78 is 20.3. The van der Waals surface area contributed by atoms with E-state index in [0.29, 0.717) is 36.6 Å². The number of para-hydroxylation sites is 3. The molecule has 1 saturated heterocycles. The topological polar surface area (TPSA) is 119 Å². The minimum atomic E-state index is -2.38. The zero-order chi connectivity index (χ0) is 40.9. The van der Waals surface area contributed by atoms with Crippen LogP contribution in [0.15, 0.2) is 134 Å². The van der Waals surface area contributed by atoms with E-state index < -0.39 is 19.8 Å². The molecular weight excluding hydrogens is 759 g/mol. The van der Waals surface area contributed by atoms with Crippen molar-refractivity contribution >= 4 is 42.1 Å². The van der Waals surface area contributed by atoms with E-state index in [1.165, 1.54) is 5.19 Å². The van der Waals surface area contributed by atoms with Crippen molar-refractivity contribution in [2.24, 2.45) is 5.92 Å². The lowest BCUT2D eigenvalue weighted by atomic mass is 9.82. The van der Waals surface area contributed by atoms with Crippen LogP contribution in [0, 0.1) is 5.92 Å². The normalized spacial score (nSPS) is 21.7. The average Bonchev–Trinajstić information content (AvgIpc) is 3.93. The van der Waals surface area contributed by atoms with Crippen LogP contribution in [0.5, 0.6) is 11.5 Å². The summed E-state index contributed by atoms with van der Waals surface area (Å²) in [5, 5.41) is 21.0. The van der Waals surface area contributed by atoms with Crippen molar-refractivity contribution in [1.82, 2.24) is 15.0 Å². The van der Waals surface area contributed by atoms with Gasteiger partial charge in [-0.15, -0.1) is 5.10 Å². The van der Waals surface area contributed by atoms with Crippen LogP contribution in [0.3, 0.4) is 0 Å². The van der Waals surface area contributed by atoms with E-state index in [0.717, 1.165) is 33.8 Å². The molecule has 1 spiro atoms. The largest absolute Gasteiger partial charge is 0.497 e. The Bertz CT molecular complexity index is 2490. The lowest BCUT2D eigenvalue weighted by molar-refractivity contribution is -0.146. The summed E-state index contributed by atoms with van der Waals surface area (Å²) in [6.07, 6.45) is 1.21. The number of hydrogen-bond donors (Lipinski definition) is 1. The summed E-state index contributed by atoms with van der Waals surface area (Å²) in [7, 11) is -0.702. The highest BCUT2D eigenvalue weighted by molar-refractivity contribution is 6.91. The average molecular weight is 806 g/mol. The molecule has 2 amide bonds. The van der Waals surface area contributed by atoms with Gasteiger partial charge in [-0.3, -0.25) is 19.2 Å². The fourth-order valence-electron chi connectivity index (χ4n) is 9.63. The maximum atomic E-state index is 15.3. The molecule has 9 rings (SSSR count). The Morgan fingerprint density at radius 2 is 1.58 bits per heavy atom. The number of ether oxygens (including phenoxy) is 3. The first-order valence-electron chi connectivity index (χ1n) is 20.1. The number of amides is 2. The molecule has 3 aliphatic heterocycles. The number of aromatic nitrogens is 3. The number of methoxy groups -OCH3 is 1. The van der Waals surface area contributed by atoms with Gasteiger partial charge in [0.25, 0.3) is 11.8 Å². The summed E-state index contributed by atoms with van der Waals surface area (Å²) in [5.41, 5.74) is 4.14. The van der Waals surface area contributed by atoms with Gasteiger partial charge in [-0.25, -0.2) is 0 Å². The van der Waals surface area contributed by atoms with Gasteiger partial charge in [0.05, 0.1) is 45.4 Å². The van der Waals surface area contributed by atoms with E-state index in [9.17, 15) is 9.90 Å². The van der Waals surface area contributed by atoms with Crippen molar-refractivity contribution in [1.29, 1.82) is 0 Å². The summed E-state index contributed by atoms with van der Waals surface area (Å²) in [6.45, 7) is 7.73. The van der Waals surface area contributed by atoms with Gasteiger partial charge in [-0.2, -0.15) is 0 Å². The highest BCUT2D eigenvalue weighted by Gasteiger charge is 2.66. The first kappa shape index (κ1) is 38.4. The maximum Gasteiger partial charge on any atom is 0.269 e. The number of rotatable bonds is 11. The van der Waals surface area contributed by atoms with Crippen LogP contribution in [0.25, 0.3) is 0 Å². The standard InChI is InChI=1S/C47H47N5O6Si/c1-31-45(59(3,4)36-24-22-35(56-2)23-25-36)42(26-27-50-29-38(48-49-50)44(54)33-12-6-5-7-13-33)58-47(31)37-14-8-9-15-39(37)51(46(47)55)28-32-18-20-34(21-19-32)52-40-16-10-11-17-41(40)57-30-43(52)53/h5-25,29,31,42,44-45,54H,26-28,30H2,1-4H3/t31-,42+,44-,45-,47+/m1/s1. The molecule has 1 N–H and O–H groups in total. The fraction of sp³-hybridized carbons (Fsp3) is 0.277. The minimum absolute atomic E-state index is 0.0323. The molecule has 0 radical (unpaired) electrons. The number of nitrogens with zero attached hydrogens (tertiary/aromatic N) is 5. The molecule has 5 aromatic carbocycles. The molecule has 1 aromatic heterocycles. The van der Waals surface area contributed by atoms with Crippen molar-refractivity contribution in [3.63, 3.8) is 0 Å². The third-order valence-electron chi connectivity index (χ3n) is 12.6. The molecule has 300 valence electrons. The molecule has 1 fully saturated rings. The third kappa shape index (κ3) is 6.61. The van der Waals surface area contributed by atoms with Crippen LogP contribution < -0.4 is 24.5 Å². The predicted octanol–water partition coefficient (Wildman–Crippen LogP) is 7.28. The van der Waals surface area contributed by atoms with Crippen molar-refractivity contribution in [2.75, 3.05) is 23.5 Å². The van der Waals surface area contributed by atoms with Gasteiger partial charge in [0.1, 0.15) is 23.3 Å². The highest BCUT2D eigenvalue weighted by Crippen LogP contribution is 2.60. The summed E-state index contributed by atoms with van der Waals surface area (Å²) in [6, 6.07) is 41.1. The van der Waals surface area contributed by atoms with E-state index in [-0.39, 0.29) is 36.0 Å². The number of fused-ring (bicyclic) bond motifs is 3. The quantitative estimate of drug-likeness (QED) is 0.136. The molecule has 12 heteroatoms. The second kappa shape index (κ2) is 15.3. The highest BCUT2D eigenvalue weighted by atomic mass is 28.3. The first-order chi connectivity index (χ1) is 28.6. The van der Waals surface area contributed by atoms with Gasteiger partial charge >= 0.3 is 0 Å². The number of aliphatic hydroxyl groups excluding tert-OH is 1. The zero-order valence-electron chi connectivity index (χ0n) is 33.6. The third-order valence-corrected chi connectivity index (χ3v) is 16.9. The maximum absolute atomic E-state index is 15.3. The first-order valence-corrected chi connectivity index (χ1v) is 23.2. The number of carbonyl (C=O) groups is 2. The van der Waals surface area contributed by atoms with E-state index in [2.05, 4.69) is 42.5 Å². The summed E-state index contributed by atoms with van der Waals surface area (Å²) >= 11 is 0. The molecular formula is C47H47N5O6Si. The minimum Gasteiger partial charge on any atom is -0.497 e. The Labute approximate surface area is 344 Å². The van der Waals surface area contributed by atoms with Gasteiger partial charge in [0.15, 0.2) is 12.2 Å². The Morgan fingerprint density at radius 1 is 0.881 bits per heavy atom. The number of aliphatic hydroxyl groups is 1. The summed E-state index contributed by atoms with van der Waals surface area (Å²) in [5.74, 6) is 1.07. The molecule has 0 unspecified atom stereocenters.